The lowest BCUT2D eigenvalue weighted by atomic mass is 9.86. The van der Waals surface area contributed by atoms with Crippen molar-refractivity contribution in [3.05, 3.63) is 33.8 Å². The molecular weight excluding hydrogens is 229 g/mol. The van der Waals surface area contributed by atoms with Crippen LogP contribution in [-0.4, -0.2) is 13.6 Å². The number of hydrogen-bond donors (Lipinski definition) is 1. The van der Waals surface area contributed by atoms with Crippen LogP contribution in [0.2, 0.25) is 10.0 Å². The highest BCUT2D eigenvalue weighted by atomic mass is 35.5. The van der Waals surface area contributed by atoms with Gasteiger partial charge < -0.3 is 5.32 Å². The van der Waals surface area contributed by atoms with E-state index in [1.807, 2.05) is 19.2 Å². The Morgan fingerprint density at radius 1 is 1.27 bits per heavy atom. The summed E-state index contributed by atoms with van der Waals surface area (Å²) in [7, 11) is 1.96. The van der Waals surface area contributed by atoms with E-state index >= 15 is 0 Å². The number of rotatable bonds is 4. The van der Waals surface area contributed by atoms with E-state index in [1.54, 1.807) is 6.07 Å². The zero-order valence-corrected chi connectivity index (χ0v) is 10.9. The van der Waals surface area contributed by atoms with E-state index in [4.69, 9.17) is 23.2 Å². The van der Waals surface area contributed by atoms with Crippen molar-refractivity contribution in [3.63, 3.8) is 0 Å². The molecule has 0 aromatic heterocycles. The van der Waals surface area contributed by atoms with E-state index < -0.39 is 0 Å². The zero-order chi connectivity index (χ0) is 11.5. The van der Waals surface area contributed by atoms with Crippen molar-refractivity contribution >= 4 is 23.2 Å². The van der Waals surface area contributed by atoms with E-state index in [-0.39, 0.29) is 5.41 Å². The summed E-state index contributed by atoms with van der Waals surface area (Å²) >= 11 is 12.0. The van der Waals surface area contributed by atoms with Gasteiger partial charge in [0, 0.05) is 16.6 Å². The maximum absolute atomic E-state index is 6.13. The summed E-state index contributed by atoms with van der Waals surface area (Å²) in [5.74, 6) is 0. The van der Waals surface area contributed by atoms with Crippen molar-refractivity contribution in [3.8, 4) is 0 Å². The number of halogens is 2. The minimum absolute atomic E-state index is 0.201. The smallest absolute Gasteiger partial charge is 0.0453 e. The molecule has 0 unspecified atom stereocenters. The quantitative estimate of drug-likeness (QED) is 0.852. The normalized spacial score (nSPS) is 11.8. The van der Waals surface area contributed by atoms with Crippen LogP contribution in [0.4, 0.5) is 0 Å². The highest BCUT2D eigenvalue weighted by molar-refractivity contribution is 6.35. The summed E-state index contributed by atoms with van der Waals surface area (Å²) in [5.41, 5.74) is 1.35. The van der Waals surface area contributed by atoms with Crippen molar-refractivity contribution in [2.75, 3.05) is 13.6 Å². The Morgan fingerprint density at radius 2 is 1.93 bits per heavy atom. The summed E-state index contributed by atoms with van der Waals surface area (Å²) in [5, 5.41) is 4.64. The molecule has 0 radical (unpaired) electrons. The van der Waals surface area contributed by atoms with Crippen LogP contribution in [-0.2, 0) is 6.42 Å². The zero-order valence-electron chi connectivity index (χ0n) is 9.40. The molecule has 0 fully saturated rings. The molecule has 0 saturated carbocycles. The molecule has 0 saturated heterocycles. The Labute approximate surface area is 102 Å². The van der Waals surface area contributed by atoms with Crippen molar-refractivity contribution in [2.45, 2.75) is 20.3 Å². The molecule has 15 heavy (non-hydrogen) atoms. The highest BCUT2D eigenvalue weighted by Gasteiger charge is 2.18. The lowest BCUT2D eigenvalue weighted by molar-refractivity contribution is 0.350. The van der Waals surface area contributed by atoms with Crippen LogP contribution in [0.15, 0.2) is 18.2 Å². The van der Waals surface area contributed by atoms with Gasteiger partial charge in [-0.25, -0.2) is 0 Å². The first kappa shape index (κ1) is 12.8. The summed E-state index contributed by atoms with van der Waals surface area (Å²) in [4.78, 5) is 0. The van der Waals surface area contributed by atoms with Gasteiger partial charge in [-0.05, 0) is 36.6 Å². The summed E-state index contributed by atoms with van der Waals surface area (Å²) in [6.45, 7) is 5.40. The van der Waals surface area contributed by atoms with Crippen LogP contribution < -0.4 is 5.32 Å². The van der Waals surface area contributed by atoms with E-state index in [0.717, 1.165) is 23.6 Å². The second-order valence-corrected chi connectivity index (χ2v) is 5.45. The van der Waals surface area contributed by atoms with Crippen molar-refractivity contribution in [1.29, 1.82) is 0 Å². The predicted molar refractivity (Wildman–Crippen MR) is 67.9 cm³/mol. The number of nitrogens with one attached hydrogen (secondary N) is 1. The number of benzene rings is 1. The first-order valence-electron chi connectivity index (χ1n) is 5.03. The fourth-order valence-corrected chi connectivity index (χ4v) is 2.20. The van der Waals surface area contributed by atoms with Crippen LogP contribution in [0.1, 0.15) is 19.4 Å². The highest BCUT2D eigenvalue weighted by Crippen LogP contribution is 2.27. The van der Waals surface area contributed by atoms with E-state index in [9.17, 15) is 0 Å². The Bertz CT molecular complexity index is 334. The fourth-order valence-electron chi connectivity index (χ4n) is 1.72. The van der Waals surface area contributed by atoms with Gasteiger partial charge in [-0.15, -0.1) is 0 Å². The predicted octanol–water partition coefficient (Wildman–Crippen LogP) is 3.78. The van der Waals surface area contributed by atoms with Gasteiger partial charge in [0.2, 0.25) is 0 Å². The molecule has 1 aromatic rings. The van der Waals surface area contributed by atoms with Gasteiger partial charge in [0.25, 0.3) is 0 Å². The van der Waals surface area contributed by atoms with Gasteiger partial charge in [0.15, 0.2) is 0 Å². The first-order chi connectivity index (χ1) is 6.94. The average Bonchev–Trinajstić information content (AvgIpc) is 2.09. The second kappa shape index (κ2) is 5.20. The monoisotopic (exact) mass is 245 g/mol. The van der Waals surface area contributed by atoms with Crippen molar-refractivity contribution in [2.24, 2.45) is 5.41 Å². The standard InChI is InChI=1S/C12H17Cl2N/c1-12(2,8-15-3)7-9-4-5-10(13)6-11(9)14/h4-6,15H,7-8H2,1-3H3. The number of hydrogen-bond acceptors (Lipinski definition) is 1. The maximum atomic E-state index is 6.13. The van der Waals surface area contributed by atoms with Crippen molar-refractivity contribution in [1.82, 2.24) is 5.32 Å². The third-order valence-corrected chi connectivity index (χ3v) is 2.93. The first-order valence-corrected chi connectivity index (χ1v) is 5.79. The fraction of sp³-hybridized carbons (Fsp3) is 0.500. The van der Waals surface area contributed by atoms with Crippen LogP contribution in [0.5, 0.6) is 0 Å². The van der Waals surface area contributed by atoms with E-state index in [2.05, 4.69) is 19.2 Å². The van der Waals surface area contributed by atoms with Crippen LogP contribution >= 0.6 is 23.2 Å². The molecule has 0 amide bonds. The molecular formula is C12H17Cl2N. The van der Waals surface area contributed by atoms with Crippen molar-refractivity contribution < 1.29 is 0 Å². The Balaban J connectivity index is 2.80. The largest absolute Gasteiger partial charge is 0.319 e. The van der Waals surface area contributed by atoms with E-state index in [0.29, 0.717) is 5.02 Å². The van der Waals surface area contributed by atoms with Crippen LogP contribution in [0.25, 0.3) is 0 Å². The maximum Gasteiger partial charge on any atom is 0.0453 e. The van der Waals surface area contributed by atoms with Gasteiger partial charge in [0.05, 0.1) is 0 Å². The molecule has 1 N–H and O–H groups in total. The molecule has 1 aromatic carbocycles. The van der Waals surface area contributed by atoms with Crippen LogP contribution in [0, 0.1) is 5.41 Å². The topological polar surface area (TPSA) is 12.0 Å². The summed E-state index contributed by atoms with van der Waals surface area (Å²) < 4.78 is 0. The van der Waals surface area contributed by atoms with Gasteiger partial charge >= 0.3 is 0 Å². The molecule has 0 aliphatic rings. The molecule has 0 atom stereocenters. The molecule has 0 bridgehead atoms. The van der Waals surface area contributed by atoms with Gasteiger partial charge in [-0.1, -0.05) is 43.1 Å². The Hall–Kier alpha value is -0.240. The second-order valence-electron chi connectivity index (χ2n) is 4.61. The van der Waals surface area contributed by atoms with E-state index in [1.165, 1.54) is 0 Å². The molecule has 1 rings (SSSR count). The Morgan fingerprint density at radius 3 is 2.47 bits per heavy atom. The lowest BCUT2D eigenvalue weighted by Crippen LogP contribution is -2.28. The third kappa shape index (κ3) is 4.02. The SMILES string of the molecule is CNCC(C)(C)Cc1ccc(Cl)cc1Cl. The lowest BCUT2D eigenvalue weighted by Gasteiger charge is -2.24. The Kier molecular flexibility index (Phi) is 4.45. The summed E-state index contributed by atoms with van der Waals surface area (Å²) in [6, 6.07) is 5.69. The molecule has 0 aliphatic heterocycles. The molecule has 84 valence electrons. The molecule has 3 heteroatoms. The third-order valence-electron chi connectivity index (χ3n) is 2.34. The molecule has 1 nitrogen and oxygen atoms in total. The molecule has 0 heterocycles. The van der Waals surface area contributed by atoms with Gasteiger partial charge in [-0.2, -0.15) is 0 Å². The molecule has 0 aliphatic carbocycles. The minimum atomic E-state index is 0.201. The summed E-state index contributed by atoms with van der Waals surface area (Å²) in [6.07, 6.45) is 0.948. The average molecular weight is 246 g/mol. The minimum Gasteiger partial charge on any atom is -0.319 e. The molecule has 0 spiro atoms. The van der Waals surface area contributed by atoms with Crippen LogP contribution in [0.3, 0.4) is 0 Å². The van der Waals surface area contributed by atoms with Gasteiger partial charge in [-0.3, -0.25) is 0 Å². The van der Waals surface area contributed by atoms with Gasteiger partial charge in [0.1, 0.15) is 0 Å².